The highest BCUT2D eigenvalue weighted by molar-refractivity contribution is 5.83. The molecular formula is C14H20N2O3. The molecule has 0 fully saturated rings. The van der Waals surface area contributed by atoms with Gasteiger partial charge >= 0.3 is 5.97 Å². The Morgan fingerprint density at radius 2 is 2.11 bits per heavy atom. The zero-order valence-electron chi connectivity index (χ0n) is 11.6. The van der Waals surface area contributed by atoms with E-state index in [4.69, 9.17) is 5.73 Å². The Balaban J connectivity index is 2.63. The zero-order valence-corrected chi connectivity index (χ0v) is 11.6. The number of nitrogen functional groups attached to an aromatic ring is 1. The van der Waals surface area contributed by atoms with Crippen LogP contribution in [0, 0.1) is 0 Å². The van der Waals surface area contributed by atoms with Gasteiger partial charge in [-0.1, -0.05) is 12.1 Å². The lowest BCUT2D eigenvalue weighted by molar-refractivity contribution is -0.141. The quantitative estimate of drug-likeness (QED) is 0.644. The van der Waals surface area contributed by atoms with Crippen LogP contribution in [0.1, 0.15) is 24.8 Å². The first-order chi connectivity index (χ1) is 8.95. The molecule has 0 aliphatic rings. The highest BCUT2D eigenvalue weighted by Gasteiger charge is 2.19. The zero-order chi connectivity index (χ0) is 14.4. The van der Waals surface area contributed by atoms with Gasteiger partial charge in [0.2, 0.25) is 5.91 Å². The van der Waals surface area contributed by atoms with E-state index in [0.717, 1.165) is 5.56 Å². The summed E-state index contributed by atoms with van der Waals surface area (Å²) < 4.78 is 4.55. The van der Waals surface area contributed by atoms with E-state index in [1.165, 1.54) is 12.0 Å². The second-order valence-electron chi connectivity index (χ2n) is 4.48. The van der Waals surface area contributed by atoms with Gasteiger partial charge in [-0.25, -0.2) is 0 Å². The SMILES string of the molecule is COC(=O)CCN(C)C(=O)C(C)c1cccc(N)c1. The summed E-state index contributed by atoms with van der Waals surface area (Å²) in [5.74, 6) is -0.656. The van der Waals surface area contributed by atoms with Gasteiger partial charge in [-0.3, -0.25) is 9.59 Å². The van der Waals surface area contributed by atoms with Gasteiger partial charge in [-0.2, -0.15) is 0 Å². The molecule has 1 aromatic rings. The maximum Gasteiger partial charge on any atom is 0.307 e. The van der Waals surface area contributed by atoms with E-state index in [1.54, 1.807) is 19.2 Å². The first-order valence-electron chi connectivity index (χ1n) is 6.13. The smallest absolute Gasteiger partial charge is 0.307 e. The molecule has 5 nitrogen and oxygen atoms in total. The van der Waals surface area contributed by atoms with Crippen LogP contribution >= 0.6 is 0 Å². The minimum absolute atomic E-state index is 0.0468. The molecule has 2 N–H and O–H groups in total. The predicted molar refractivity (Wildman–Crippen MR) is 73.5 cm³/mol. The fraction of sp³-hybridized carbons (Fsp3) is 0.429. The molecule has 1 amide bonds. The summed E-state index contributed by atoms with van der Waals surface area (Å²) in [7, 11) is 3.01. The van der Waals surface area contributed by atoms with Crippen LogP contribution in [-0.4, -0.2) is 37.5 Å². The molecule has 0 saturated carbocycles. The van der Waals surface area contributed by atoms with Crippen LogP contribution in [0.15, 0.2) is 24.3 Å². The molecule has 0 saturated heterocycles. The molecule has 104 valence electrons. The summed E-state index contributed by atoms with van der Waals surface area (Å²) >= 11 is 0. The molecule has 19 heavy (non-hydrogen) atoms. The maximum absolute atomic E-state index is 12.2. The van der Waals surface area contributed by atoms with Gasteiger partial charge in [0.05, 0.1) is 19.4 Å². The van der Waals surface area contributed by atoms with Crippen molar-refractivity contribution in [1.82, 2.24) is 4.90 Å². The molecule has 0 aliphatic heterocycles. The number of rotatable bonds is 5. The van der Waals surface area contributed by atoms with Crippen molar-refractivity contribution in [3.63, 3.8) is 0 Å². The molecule has 0 aliphatic carbocycles. The van der Waals surface area contributed by atoms with Crippen molar-refractivity contribution in [3.8, 4) is 0 Å². The number of ether oxygens (including phenoxy) is 1. The summed E-state index contributed by atoms with van der Waals surface area (Å²) in [4.78, 5) is 24.8. The summed E-state index contributed by atoms with van der Waals surface area (Å²) in [5.41, 5.74) is 7.21. The second kappa shape index (κ2) is 6.78. The lowest BCUT2D eigenvalue weighted by Crippen LogP contribution is -2.32. The lowest BCUT2D eigenvalue weighted by atomic mass is 9.99. The summed E-state index contributed by atoms with van der Waals surface area (Å²) in [6.07, 6.45) is 0.197. The number of hydrogen-bond donors (Lipinski definition) is 1. The van der Waals surface area contributed by atoms with Crippen LogP contribution in [0.4, 0.5) is 5.69 Å². The average molecular weight is 264 g/mol. The van der Waals surface area contributed by atoms with E-state index in [2.05, 4.69) is 4.74 Å². The van der Waals surface area contributed by atoms with E-state index in [-0.39, 0.29) is 24.2 Å². The van der Waals surface area contributed by atoms with Crippen molar-refractivity contribution >= 4 is 17.6 Å². The average Bonchev–Trinajstić information content (AvgIpc) is 2.42. The van der Waals surface area contributed by atoms with Crippen molar-refractivity contribution in [2.45, 2.75) is 19.3 Å². The van der Waals surface area contributed by atoms with Crippen molar-refractivity contribution < 1.29 is 14.3 Å². The molecule has 0 aromatic heterocycles. The lowest BCUT2D eigenvalue weighted by Gasteiger charge is -2.21. The Labute approximate surface area is 113 Å². The van der Waals surface area contributed by atoms with Gasteiger partial charge in [0, 0.05) is 19.3 Å². The third-order valence-electron chi connectivity index (χ3n) is 3.04. The van der Waals surface area contributed by atoms with Gasteiger partial charge in [-0.15, -0.1) is 0 Å². The van der Waals surface area contributed by atoms with Crippen molar-refractivity contribution in [2.75, 3.05) is 26.4 Å². The number of methoxy groups -OCH3 is 1. The minimum Gasteiger partial charge on any atom is -0.469 e. The van der Waals surface area contributed by atoms with Crippen LogP contribution < -0.4 is 5.73 Å². The van der Waals surface area contributed by atoms with Gasteiger partial charge in [0.15, 0.2) is 0 Å². The van der Waals surface area contributed by atoms with Crippen molar-refractivity contribution in [1.29, 1.82) is 0 Å². The van der Waals surface area contributed by atoms with Crippen LogP contribution in [0.3, 0.4) is 0 Å². The number of hydrogen-bond acceptors (Lipinski definition) is 4. The van der Waals surface area contributed by atoms with E-state index in [9.17, 15) is 9.59 Å². The normalized spacial score (nSPS) is 11.7. The van der Waals surface area contributed by atoms with Crippen LogP contribution in [0.5, 0.6) is 0 Å². The van der Waals surface area contributed by atoms with Crippen molar-refractivity contribution in [3.05, 3.63) is 29.8 Å². The number of amides is 1. The fourth-order valence-corrected chi connectivity index (χ4v) is 1.77. The topological polar surface area (TPSA) is 72.6 Å². The summed E-state index contributed by atoms with van der Waals surface area (Å²) in [6.45, 7) is 2.17. The first-order valence-corrected chi connectivity index (χ1v) is 6.13. The van der Waals surface area contributed by atoms with Gasteiger partial charge in [-0.05, 0) is 24.6 Å². The number of nitrogens with zero attached hydrogens (tertiary/aromatic N) is 1. The number of carbonyl (C=O) groups excluding carboxylic acids is 2. The monoisotopic (exact) mass is 264 g/mol. The third-order valence-corrected chi connectivity index (χ3v) is 3.04. The molecule has 0 spiro atoms. The Morgan fingerprint density at radius 1 is 1.42 bits per heavy atom. The van der Waals surface area contributed by atoms with E-state index in [1.807, 2.05) is 19.1 Å². The Morgan fingerprint density at radius 3 is 2.68 bits per heavy atom. The Bertz CT molecular complexity index is 460. The summed E-state index contributed by atoms with van der Waals surface area (Å²) in [5, 5.41) is 0. The molecule has 0 radical (unpaired) electrons. The fourth-order valence-electron chi connectivity index (χ4n) is 1.77. The molecule has 0 bridgehead atoms. The number of esters is 1. The van der Waals surface area contributed by atoms with Gasteiger partial charge in [0.1, 0.15) is 0 Å². The Kier molecular flexibility index (Phi) is 5.36. The summed E-state index contributed by atoms with van der Waals surface area (Å²) in [6, 6.07) is 7.26. The van der Waals surface area contributed by atoms with E-state index in [0.29, 0.717) is 12.2 Å². The molecule has 1 unspecified atom stereocenters. The Hall–Kier alpha value is -2.04. The highest BCUT2D eigenvalue weighted by Crippen LogP contribution is 2.19. The number of carbonyl (C=O) groups is 2. The van der Waals surface area contributed by atoms with E-state index < -0.39 is 0 Å². The van der Waals surface area contributed by atoms with Crippen LogP contribution in [-0.2, 0) is 14.3 Å². The number of nitrogens with two attached hydrogens (primary N) is 1. The first kappa shape index (κ1) is 15.0. The molecule has 1 rings (SSSR count). The molecule has 1 aromatic carbocycles. The van der Waals surface area contributed by atoms with E-state index >= 15 is 0 Å². The molecular weight excluding hydrogens is 244 g/mol. The molecule has 1 atom stereocenters. The van der Waals surface area contributed by atoms with Gasteiger partial charge in [0.25, 0.3) is 0 Å². The largest absolute Gasteiger partial charge is 0.469 e. The van der Waals surface area contributed by atoms with Crippen LogP contribution in [0.2, 0.25) is 0 Å². The maximum atomic E-state index is 12.2. The molecule has 5 heteroatoms. The number of likely N-dealkylation sites (N-methyl/N-ethyl adjacent to an activating group) is 1. The number of anilines is 1. The standard InChI is InChI=1S/C14H20N2O3/c1-10(11-5-4-6-12(15)9-11)14(18)16(2)8-7-13(17)19-3/h4-6,9-10H,7-8,15H2,1-3H3. The third kappa shape index (κ3) is 4.28. The van der Waals surface area contributed by atoms with Crippen LogP contribution in [0.25, 0.3) is 0 Å². The second-order valence-corrected chi connectivity index (χ2v) is 4.48. The molecule has 0 heterocycles. The van der Waals surface area contributed by atoms with Crippen molar-refractivity contribution in [2.24, 2.45) is 0 Å². The van der Waals surface area contributed by atoms with Gasteiger partial charge < -0.3 is 15.4 Å². The predicted octanol–water partition coefficient (Wildman–Crippen LogP) is 1.39. The highest BCUT2D eigenvalue weighted by atomic mass is 16.5. The minimum atomic E-state index is -0.323. The number of benzene rings is 1.